The molecule has 1 aliphatic heterocycles. The molecule has 0 saturated carbocycles. The van der Waals surface area contributed by atoms with Crippen molar-refractivity contribution in [2.75, 3.05) is 6.61 Å². The molecule has 0 radical (unpaired) electrons. The zero-order valence-corrected chi connectivity index (χ0v) is 16.2. The van der Waals surface area contributed by atoms with E-state index in [0.717, 1.165) is 23.0 Å². The maximum atomic E-state index is 10.4. The molecule has 1 aromatic heterocycles. The predicted molar refractivity (Wildman–Crippen MR) is 107 cm³/mol. The van der Waals surface area contributed by atoms with Gasteiger partial charge in [-0.1, -0.05) is 37.3 Å². The fourth-order valence-corrected chi connectivity index (χ4v) is 3.83. The van der Waals surface area contributed by atoms with Gasteiger partial charge in [0, 0.05) is 6.54 Å². The molecule has 5 atom stereocenters. The van der Waals surface area contributed by atoms with Gasteiger partial charge in [0.05, 0.1) is 24.0 Å². The number of hydrogen-bond donors (Lipinski definition) is 4. The molecule has 4 N–H and O–H groups in total. The molecule has 7 heteroatoms. The smallest absolute Gasteiger partial charge is 0.113 e. The lowest BCUT2D eigenvalue weighted by Gasteiger charge is -2.40. The van der Waals surface area contributed by atoms with Crippen molar-refractivity contribution in [2.45, 2.75) is 50.4 Å². The van der Waals surface area contributed by atoms with Crippen LogP contribution in [0.4, 0.5) is 0 Å². The Morgan fingerprint density at radius 1 is 0.966 bits per heavy atom. The summed E-state index contributed by atoms with van der Waals surface area (Å²) in [5.41, 5.74) is 4.77. The second kappa shape index (κ2) is 8.22. The first kappa shape index (κ1) is 20.0. The van der Waals surface area contributed by atoms with E-state index >= 15 is 0 Å². The van der Waals surface area contributed by atoms with E-state index in [-0.39, 0.29) is 0 Å². The minimum atomic E-state index is -1.40. The number of rotatable bonds is 5. The molecule has 154 valence electrons. The number of aromatic nitrogens is 2. The molecule has 1 saturated heterocycles. The fraction of sp³-hybridized carbons (Fsp3) is 0.409. The number of nitrogens with zero attached hydrogens (tertiary/aromatic N) is 2. The number of benzene rings is 2. The number of hydrogen-bond acceptors (Lipinski definition) is 6. The van der Waals surface area contributed by atoms with E-state index < -0.39 is 37.1 Å². The van der Waals surface area contributed by atoms with Crippen molar-refractivity contribution in [1.29, 1.82) is 0 Å². The van der Waals surface area contributed by atoms with Gasteiger partial charge in [0.15, 0.2) is 0 Å². The minimum absolute atomic E-state index is 0.449. The van der Waals surface area contributed by atoms with Gasteiger partial charge in [-0.25, -0.2) is 4.98 Å². The molecule has 2 aromatic carbocycles. The third-order valence-electron chi connectivity index (χ3n) is 5.65. The molecule has 0 aliphatic carbocycles. The van der Waals surface area contributed by atoms with Gasteiger partial charge in [-0.15, -0.1) is 0 Å². The Kier molecular flexibility index (Phi) is 5.67. The topological polar surface area (TPSA) is 108 Å². The van der Waals surface area contributed by atoms with Crippen LogP contribution in [0.15, 0.2) is 48.8 Å². The van der Waals surface area contributed by atoms with Gasteiger partial charge in [-0.2, -0.15) is 0 Å². The zero-order valence-electron chi connectivity index (χ0n) is 16.2. The molecule has 7 nitrogen and oxygen atoms in total. The van der Waals surface area contributed by atoms with Crippen molar-refractivity contribution in [2.24, 2.45) is 0 Å². The lowest BCUT2D eigenvalue weighted by atomic mass is 9.91. The van der Waals surface area contributed by atoms with Crippen LogP contribution < -0.4 is 0 Å². The lowest BCUT2D eigenvalue weighted by molar-refractivity contribution is -0.231. The normalized spacial score (nSPS) is 27.4. The van der Waals surface area contributed by atoms with Crippen LogP contribution in [0.5, 0.6) is 0 Å². The highest BCUT2D eigenvalue weighted by Gasteiger charge is 2.44. The van der Waals surface area contributed by atoms with E-state index in [0.29, 0.717) is 12.1 Å². The van der Waals surface area contributed by atoms with Crippen LogP contribution in [0.25, 0.3) is 11.0 Å². The summed E-state index contributed by atoms with van der Waals surface area (Å²) < 4.78 is 7.70. The van der Waals surface area contributed by atoms with Crippen molar-refractivity contribution >= 4 is 11.0 Å². The van der Waals surface area contributed by atoms with Gasteiger partial charge >= 0.3 is 0 Å². The summed E-state index contributed by atoms with van der Waals surface area (Å²) in [4.78, 5) is 4.44. The van der Waals surface area contributed by atoms with Crippen molar-refractivity contribution < 1.29 is 25.2 Å². The summed E-state index contributed by atoms with van der Waals surface area (Å²) in [6.45, 7) is 2.33. The van der Waals surface area contributed by atoms with Gasteiger partial charge in [0.2, 0.25) is 0 Å². The predicted octanol–water partition coefficient (Wildman–Crippen LogP) is 1.16. The maximum Gasteiger partial charge on any atom is 0.113 e. The SMILES string of the molecule is CCc1ccc(Cn2cnc3ccc(C4OC(CO)C(O)C(O)C4O)cc32)cc1. The summed E-state index contributed by atoms with van der Waals surface area (Å²) >= 11 is 0. The molecule has 3 aromatic rings. The van der Waals surface area contributed by atoms with Gasteiger partial charge in [-0.3, -0.25) is 0 Å². The summed E-state index contributed by atoms with van der Waals surface area (Å²) in [5.74, 6) is 0. The fourth-order valence-electron chi connectivity index (χ4n) is 3.83. The van der Waals surface area contributed by atoms with Gasteiger partial charge in [0.25, 0.3) is 0 Å². The van der Waals surface area contributed by atoms with Crippen LogP contribution in [0.2, 0.25) is 0 Å². The molecule has 5 unspecified atom stereocenters. The Hall–Kier alpha value is -2.29. The second-order valence-electron chi connectivity index (χ2n) is 7.54. The van der Waals surface area contributed by atoms with E-state index in [1.54, 1.807) is 12.4 Å². The van der Waals surface area contributed by atoms with E-state index in [1.807, 2.05) is 16.7 Å². The second-order valence-corrected chi connectivity index (χ2v) is 7.54. The van der Waals surface area contributed by atoms with E-state index in [4.69, 9.17) is 4.74 Å². The summed E-state index contributed by atoms with van der Waals surface area (Å²) in [7, 11) is 0. The average molecular weight is 398 g/mol. The van der Waals surface area contributed by atoms with Gasteiger partial charge < -0.3 is 29.7 Å². The van der Waals surface area contributed by atoms with Crippen molar-refractivity contribution in [3.05, 3.63) is 65.5 Å². The van der Waals surface area contributed by atoms with Crippen LogP contribution in [-0.2, 0) is 17.7 Å². The Balaban J connectivity index is 1.64. The number of fused-ring (bicyclic) bond motifs is 1. The average Bonchev–Trinajstić information content (AvgIpc) is 3.15. The van der Waals surface area contributed by atoms with Crippen LogP contribution in [0.3, 0.4) is 0 Å². The van der Waals surface area contributed by atoms with Crippen molar-refractivity contribution in [1.82, 2.24) is 9.55 Å². The Morgan fingerprint density at radius 3 is 2.38 bits per heavy atom. The first-order valence-corrected chi connectivity index (χ1v) is 9.85. The number of aliphatic hydroxyl groups excluding tert-OH is 4. The van der Waals surface area contributed by atoms with Crippen molar-refractivity contribution in [3.63, 3.8) is 0 Å². The largest absolute Gasteiger partial charge is 0.394 e. The van der Waals surface area contributed by atoms with Gasteiger partial charge in [0.1, 0.15) is 30.5 Å². The highest BCUT2D eigenvalue weighted by Crippen LogP contribution is 2.33. The lowest BCUT2D eigenvalue weighted by Crippen LogP contribution is -2.55. The van der Waals surface area contributed by atoms with Gasteiger partial charge in [-0.05, 0) is 35.2 Å². The van der Waals surface area contributed by atoms with E-state index in [1.165, 1.54) is 5.56 Å². The van der Waals surface area contributed by atoms with Crippen LogP contribution in [0.1, 0.15) is 29.7 Å². The van der Waals surface area contributed by atoms with Crippen LogP contribution in [-0.4, -0.2) is 61.0 Å². The molecular formula is C22H26N2O5. The van der Waals surface area contributed by atoms with E-state index in [2.05, 4.69) is 36.2 Å². The summed E-state index contributed by atoms with van der Waals surface area (Å²) in [6.07, 6.45) is -3.09. The number of aliphatic hydroxyl groups is 4. The molecule has 0 bridgehead atoms. The van der Waals surface area contributed by atoms with Crippen LogP contribution in [0, 0.1) is 0 Å². The Labute approximate surface area is 168 Å². The maximum absolute atomic E-state index is 10.4. The van der Waals surface area contributed by atoms with Crippen LogP contribution >= 0.6 is 0 Å². The molecule has 0 amide bonds. The molecule has 1 aliphatic rings. The molecule has 29 heavy (non-hydrogen) atoms. The number of imidazole rings is 1. The molecule has 2 heterocycles. The number of ether oxygens (including phenoxy) is 1. The quantitative estimate of drug-likeness (QED) is 0.514. The standard InChI is InChI=1S/C22H26N2O5/c1-2-13-3-5-14(6-4-13)10-24-12-23-16-8-7-15(9-17(16)24)22-21(28)20(27)19(26)18(11-25)29-22/h3-9,12,18-22,25-28H,2,10-11H2,1H3. The molecule has 1 fully saturated rings. The highest BCUT2D eigenvalue weighted by molar-refractivity contribution is 5.76. The third-order valence-corrected chi connectivity index (χ3v) is 5.65. The highest BCUT2D eigenvalue weighted by atomic mass is 16.5. The first-order valence-electron chi connectivity index (χ1n) is 9.85. The van der Waals surface area contributed by atoms with Crippen molar-refractivity contribution in [3.8, 4) is 0 Å². The summed E-state index contributed by atoms with van der Waals surface area (Å²) in [5, 5.41) is 39.9. The third kappa shape index (κ3) is 3.80. The Morgan fingerprint density at radius 2 is 1.69 bits per heavy atom. The number of aryl methyl sites for hydroxylation is 1. The summed E-state index contributed by atoms with van der Waals surface area (Å²) in [6, 6.07) is 13.9. The molecule has 4 rings (SSSR count). The monoisotopic (exact) mass is 398 g/mol. The molecule has 0 spiro atoms. The first-order chi connectivity index (χ1) is 14.0. The minimum Gasteiger partial charge on any atom is -0.394 e. The zero-order chi connectivity index (χ0) is 20.5. The Bertz CT molecular complexity index is 969. The van der Waals surface area contributed by atoms with E-state index in [9.17, 15) is 20.4 Å². The molecular weight excluding hydrogens is 372 g/mol.